The quantitative estimate of drug-likeness (QED) is 0.185. The van der Waals surface area contributed by atoms with E-state index >= 15 is 0 Å². The molecule has 0 saturated heterocycles. The largest absolute Gasteiger partial charge is 0.480 e. The second kappa shape index (κ2) is 12.6. The van der Waals surface area contributed by atoms with Crippen molar-refractivity contribution in [3.63, 3.8) is 0 Å². The third-order valence-electron chi connectivity index (χ3n) is 4.25. The van der Waals surface area contributed by atoms with Crippen LogP contribution in [0.15, 0.2) is 0 Å². The monoisotopic (exact) mass is 421 g/mol. The van der Waals surface area contributed by atoms with Gasteiger partial charge in [-0.3, -0.25) is 38.7 Å². The number of carboxylic acid groups (broad SMARTS) is 5. The number of aliphatic carboxylic acids is 5. The van der Waals surface area contributed by atoms with Crippen molar-refractivity contribution in [2.75, 3.05) is 45.8 Å². The molecule has 29 heavy (non-hydrogen) atoms. The SMILES string of the molecule is CC(C(=O)O)N(CCN(CCN(CC(=O)O)C(C)C(=O)O)CC(=O)O)CC(=O)O. The van der Waals surface area contributed by atoms with Gasteiger partial charge in [0.05, 0.1) is 19.6 Å². The highest BCUT2D eigenvalue weighted by molar-refractivity contribution is 5.75. The second-order valence-corrected chi connectivity index (χ2v) is 6.43. The number of rotatable bonds is 16. The van der Waals surface area contributed by atoms with Crippen LogP contribution in [0.1, 0.15) is 13.8 Å². The molecule has 0 saturated carbocycles. The third kappa shape index (κ3) is 11.0. The summed E-state index contributed by atoms with van der Waals surface area (Å²) in [6.07, 6.45) is 0. The number of carboxylic acids is 5. The first-order valence-electron chi connectivity index (χ1n) is 8.66. The molecular formula is C16H27N3O10. The van der Waals surface area contributed by atoms with Crippen LogP contribution in [-0.2, 0) is 24.0 Å². The van der Waals surface area contributed by atoms with E-state index in [1.165, 1.54) is 18.7 Å². The standard InChI is InChI=1S/C16H27N3O10/c1-10(15(26)27)18(8-13(22)23)5-3-17(7-12(20)21)4-6-19(9-14(24)25)11(2)16(28)29/h10-11H,3-9H2,1-2H3,(H,20,21)(H,22,23)(H,24,25)(H,26,27)(H,28,29). The van der Waals surface area contributed by atoms with E-state index < -0.39 is 61.6 Å². The van der Waals surface area contributed by atoms with Crippen molar-refractivity contribution in [3.8, 4) is 0 Å². The minimum Gasteiger partial charge on any atom is -0.480 e. The fraction of sp³-hybridized carbons (Fsp3) is 0.688. The van der Waals surface area contributed by atoms with Gasteiger partial charge in [0.1, 0.15) is 12.1 Å². The molecular weight excluding hydrogens is 394 g/mol. The topological polar surface area (TPSA) is 196 Å². The smallest absolute Gasteiger partial charge is 0.320 e. The Balaban J connectivity index is 5.15. The van der Waals surface area contributed by atoms with E-state index in [4.69, 9.17) is 25.5 Å². The summed E-state index contributed by atoms with van der Waals surface area (Å²) >= 11 is 0. The molecule has 13 nitrogen and oxygen atoms in total. The average molecular weight is 421 g/mol. The van der Waals surface area contributed by atoms with Crippen LogP contribution in [-0.4, -0.2) is 128 Å². The second-order valence-electron chi connectivity index (χ2n) is 6.43. The number of carbonyl (C=O) groups is 5. The molecule has 0 bridgehead atoms. The molecule has 0 aliphatic heterocycles. The highest BCUT2D eigenvalue weighted by Crippen LogP contribution is 2.04. The molecule has 0 aliphatic rings. The Kier molecular flexibility index (Phi) is 11.4. The Morgan fingerprint density at radius 2 is 0.897 bits per heavy atom. The zero-order valence-electron chi connectivity index (χ0n) is 16.2. The van der Waals surface area contributed by atoms with E-state index in [-0.39, 0.29) is 26.2 Å². The zero-order chi connectivity index (χ0) is 22.7. The van der Waals surface area contributed by atoms with Crippen molar-refractivity contribution in [2.24, 2.45) is 0 Å². The van der Waals surface area contributed by atoms with Gasteiger partial charge in [-0.2, -0.15) is 0 Å². The van der Waals surface area contributed by atoms with Crippen molar-refractivity contribution in [1.29, 1.82) is 0 Å². The Bertz CT molecular complexity index is 568. The van der Waals surface area contributed by atoms with Gasteiger partial charge < -0.3 is 25.5 Å². The Morgan fingerprint density at radius 3 is 1.14 bits per heavy atom. The third-order valence-corrected chi connectivity index (χ3v) is 4.25. The molecule has 0 rings (SSSR count). The molecule has 0 radical (unpaired) electrons. The average Bonchev–Trinajstić information content (AvgIpc) is 2.58. The van der Waals surface area contributed by atoms with E-state index in [9.17, 15) is 24.0 Å². The maximum Gasteiger partial charge on any atom is 0.320 e. The molecule has 5 N–H and O–H groups in total. The van der Waals surface area contributed by atoms with Crippen molar-refractivity contribution in [1.82, 2.24) is 14.7 Å². The summed E-state index contributed by atoms with van der Waals surface area (Å²) in [6.45, 7) is 0.849. The summed E-state index contributed by atoms with van der Waals surface area (Å²) in [5, 5.41) is 45.1. The number of hydrogen-bond donors (Lipinski definition) is 5. The maximum absolute atomic E-state index is 11.1. The van der Waals surface area contributed by atoms with Gasteiger partial charge in [0.25, 0.3) is 0 Å². The van der Waals surface area contributed by atoms with Crippen molar-refractivity contribution in [2.45, 2.75) is 25.9 Å². The van der Waals surface area contributed by atoms with Gasteiger partial charge in [0.2, 0.25) is 0 Å². The molecule has 0 aromatic carbocycles. The lowest BCUT2D eigenvalue weighted by atomic mass is 10.2. The van der Waals surface area contributed by atoms with Crippen LogP contribution < -0.4 is 0 Å². The van der Waals surface area contributed by atoms with Gasteiger partial charge in [0, 0.05) is 26.2 Å². The van der Waals surface area contributed by atoms with Crippen LogP contribution in [0.5, 0.6) is 0 Å². The lowest BCUT2D eigenvalue weighted by Gasteiger charge is -2.30. The van der Waals surface area contributed by atoms with Crippen LogP contribution in [0.3, 0.4) is 0 Å². The normalized spacial score (nSPS) is 13.4. The molecule has 0 amide bonds. The van der Waals surface area contributed by atoms with E-state index in [0.717, 1.165) is 9.80 Å². The molecule has 166 valence electrons. The van der Waals surface area contributed by atoms with Crippen LogP contribution in [0, 0.1) is 0 Å². The minimum atomic E-state index is -1.24. The van der Waals surface area contributed by atoms with Gasteiger partial charge in [-0.15, -0.1) is 0 Å². The van der Waals surface area contributed by atoms with Crippen molar-refractivity contribution in [3.05, 3.63) is 0 Å². The highest BCUT2D eigenvalue weighted by Gasteiger charge is 2.26. The van der Waals surface area contributed by atoms with E-state index in [1.807, 2.05) is 0 Å². The molecule has 0 aromatic heterocycles. The maximum atomic E-state index is 11.1. The van der Waals surface area contributed by atoms with Gasteiger partial charge in [0.15, 0.2) is 0 Å². The van der Waals surface area contributed by atoms with Crippen LogP contribution in [0.25, 0.3) is 0 Å². The summed E-state index contributed by atoms with van der Waals surface area (Å²) in [6, 6.07) is -2.23. The molecule has 2 atom stereocenters. The first kappa shape index (κ1) is 26.2. The minimum absolute atomic E-state index is 0.0143. The molecule has 0 aromatic rings. The van der Waals surface area contributed by atoms with Gasteiger partial charge >= 0.3 is 29.8 Å². The van der Waals surface area contributed by atoms with Gasteiger partial charge in [-0.1, -0.05) is 0 Å². The van der Waals surface area contributed by atoms with Crippen LogP contribution >= 0.6 is 0 Å². The summed E-state index contributed by atoms with van der Waals surface area (Å²) in [5.74, 6) is -6.16. The molecule has 0 heterocycles. The number of nitrogens with zero attached hydrogens (tertiary/aromatic N) is 3. The molecule has 0 fully saturated rings. The van der Waals surface area contributed by atoms with E-state index in [2.05, 4.69) is 0 Å². The van der Waals surface area contributed by atoms with Crippen molar-refractivity contribution < 1.29 is 49.5 Å². The summed E-state index contributed by atoms with van der Waals surface area (Å²) < 4.78 is 0. The lowest BCUT2D eigenvalue weighted by Crippen LogP contribution is -2.49. The molecule has 2 unspecified atom stereocenters. The van der Waals surface area contributed by atoms with Crippen molar-refractivity contribution >= 4 is 29.8 Å². The Labute approximate surface area is 166 Å². The summed E-state index contributed by atoms with van der Waals surface area (Å²) in [4.78, 5) is 58.9. The fourth-order valence-corrected chi connectivity index (χ4v) is 2.48. The fourth-order valence-electron chi connectivity index (χ4n) is 2.48. The van der Waals surface area contributed by atoms with Gasteiger partial charge in [-0.25, -0.2) is 0 Å². The Morgan fingerprint density at radius 1 is 0.586 bits per heavy atom. The van der Waals surface area contributed by atoms with E-state index in [1.54, 1.807) is 0 Å². The Hall–Kier alpha value is -2.77. The molecule has 0 spiro atoms. The highest BCUT2D eigenvalue weighted by atomic mass is 16.4. The van der Waals surface area contributed by atoms with Gasteiger partial charge in [-0.05, 0) is 13.8 Å². The summed E-state index contributed by atoms with van der Waals surface area (Å²) in [7, 11) is 0. The zero-order valence-corrected chi connectivity index (χ0v) is 16.2. The predicted molar refractivity (Wildman–Crippen MR) is 96.7 cm³/mol. The number of hydrogen-bond acceptors (Lipinski definition) is 8. The lowest BCUT2D eigenvalue weighted by molar-refractivity contribution is -0.147. The predicted octanol–water partition coefficient (Wildman–Crippen LogP) is -1.91. The molecule has 13 heteroatoms. The molecule has 0 aliphatic carbocycles. The van der Waals surface area contributed by atoms with E-state index in [0.29, 0.717) is 0 Å². The summed E-state index contributed by atoms with van der Waals surface area (Å²) in [5.41, 5.74) is 0. The first-order valence-corrected chi connectivity index (χ1v) is 8.66. The van der Waals surface area contributed by atoms with Crippen LogP contribution in [0.2, 0.25) is 0 Å². The first-order chi connectivity index (χ1) is 13.3. The van der Waals surface area contributed by atoms with Crippen LogP contribution in [0.4, 0.5) is 0 Å².